The van der Waals surface area contributed by atoms with E-state index in [0.717, 1.165) is 71.9 Å². The molecule has 54 heavy (non-hydrogen) atoms. The second-order valence-corrected chi connectivity index (χ2v) is 15.9. The number of hydrogen-bond acceptors (Lipinski definition) is 7. The zero-order valence-corrected chi connectivity index (χ0v) is 33.0. The van der Waals surface area contributed by atoms with Crippen molar-refractivity contribution in [1.29, 1.82) is 0 Å². The third kappa shape index (κ3) is 10.8. The molecule has 1 aromatic heterocycles. The lowest BCUT2D eigenvalue weighted by Gasteiger charge is -2.34. The Morgan fingerprint density at radius 2 is 1.72 bits per heavy atom. The molecule has 0 unspecified atom stereocenters. The number of ether oxygens (including phenoxy) is 2. The average Bonchev–Trinajstić information content (AvgIpc) is 3.49. The summed E-state index contributed by atoms with van der Waals surface area (Å²) in [6.45, 7) is 13.3. The van der Waals surface area contributed by atoms with Gasteiger partial charge in [0.25, 0.3) is 5.91 Å². The fourth-order valence-electron chi connectivity index (χ4n) is 6.38. The number of unbranched alkanes of at least 4 members (excludes halogenated alkanes) is 1. The van der Waals surface area contributed by atoms with Crippen LogP contribution in [0, 0.1) is 12.3 Å². The lowest BCUT2D eigenvalue weighted by molar-refractivity contribution is -0.146. The first-order chi connectivity index (χ1) is 26.0. The highest BCUT2D eigenvalue weighted by Gasteiger charge is 2.31. The summed E-state index contributed by atoms with van der Waals surface area (Å²) in [5, 5.41) is 13.0. The van der Waals surface area contributed by atoms with Crippen molar-refractivity contribution in [3.63, 3.8) is 0 Å². The van der Waals surface area contributed by atoms with Crippen molar-refractivity contribution in [2.75, 3.05) is 43.1 Å². The Morgan fingerprint density at radius 1 is 0.981 bits per heavy atom. The molecule has 5 rings (SSSR count). The summed E-state index contributed by atoms with van der Waals surface area (Å²) in [6.07, 6.45) is 8.06. The minimum Gasteiger partial charge on any atom is -0.611 e. The molecule has 0 spiro atoms. The number of anilines is 2. The fourth-order valence-corrected chi connectivity index (χ4v) is 7.52. The average molecular weight is 755 g/mol. The number of amides is 1. The minimum atomic E-state index is -1.28. The summed E-state index contributed by atoms with van der Waals surface area (Å²) in [5.41, 5.74) is 5.80. The number of aromatic nitrogens is 2. The van der Waals surface area contributed by atoms with E-state index in [2.05, 4.69) is 39.7 Å². The lowest BCUT2D eigenvalue weighted by atomic mass is 9.91. The third-order valence-corrected chi connectivity index (χ3v) is 11.0. The van der Waals surface area contributed by atoms with Gasteiger partial charge in [-0.25, -0.2) is 4.98 Å². The second kappa shape index (κ2) is 19.1. The number of carbonyl (C=O) groups excluding carboxylic acids is 1. The van der Waals surface area contributed by atoms with Gasteiger partial charge in [-0.15, -0.1) is 0 Å². The van der Waals surface area contributed by atoms with E-state index in [0.29, 0.717) is 61.1 Å². The zero-order valence-electron chi connectivity index (χ0n) is 32.2. The van der Waals surface area contributed by atoms with Crippen LogP contribution in [0.2, 0.25) is 0 Å². The van der Waals surface area contributed by atoms with Gasteiger partial charge < -0.3 is 33.9 Å². The Hall–Kier alpha value is -4.58. The number of nitrogens with zero attached hydrogens (tertiary/aromatic N) is 3. The molecular formula is C43H54N4O6S. The zero-order chi connectivity index (χ0) is 38.7. The summed E-state index contributed by atoms with van der Waals surface area (Å²) in [4.78, 5) is 33.2. The highest BCUT2D eigenvalue weighted by atomic mass is 32.2. The van der Waals surface area contributed by atoms with Crippen LogP contribution in [0.1, 0.15) is 76.8 Å². The standard InChI is InChI=1S/C43H54N4O6S/c1-6-8-23-52-24-25-53-37-16-11-32(12-17-37)33-13-20-40-35(26-33)27-34(10-9-22-46(40)29-43(4,5)42(49)50)41(48)45-36-14-18-38(19-15-36)54(51)28-39-31(3)47(21-7-2)30-44-39/h11-20,26-27,30H,6-10,21-25,28-29H2,1-5H3,(H,45,48)(H,49,50)/b34-27+/t54-/m0/s1. The van der Waals surface area contributed by atoms with E-state index in [1.807, 2.05) is 55.7 Å². The van der Waals surface area contributed by atoms with Crippen molar-refractivity contribution in [3.8, 4) is 16.9 Å². The van der Waals surface area contributed by atoms with Crippen molar-refractivity contribution < 1.29 is 28.7 Å². The molecule has 288 valence electrons. The molecule has 0 saturated heterocycles. The summed E-state index contributed by atoms with van der Waals surface area (Å²) in [7, 11) is 0. The summed E-state index contributed by atoms with van der Waals surface area (Å²) in [6, 6.07) is 21.2. The topological polar surface area (TPSA) is 129 Å². The molecule has 4 aromatic rings. The van der Waals surface area contributed by atoms with Crippen LogP contribution < -0.4 is 15.0 Å². The van der Waals surface area contributed by atoms with Gasteiger partial charge in [-0.2, -0.15) is 0 Å². The largest absolute Gasteiger partial charge is 0.611 e. The predicted molar refractivity (Wildman–Crippen MR) is 216 cm³/mol. The number of aliphatic carboxylic acids is 1. The van der Waals surface area contributed by atoms with Gasteiger partial charge in [0, 0.05) is 48.9 Å². The molecule has 2 N–H and O–H groups in total. The monoisotopic (exact) mass is 754 g/mol. The van der Waals surface area contributed by atoms with Crippen LogP contribution >= 0.6 is 0 Å². The SMILES string of the molecule is CCCCOCCOc1ccc(-c2ccc3c(c2)/C=C(/C(=O)Nc2ccc([S@@+]([O-])Cc4ncn(CCC)c4C)cc2)CCCN3CC(C)(C)C(=O)O)cc1. The molecule has 0 fully saturated rings. The van der Waals surface area contributed by atoms with Crippen LogP contribution in [0.15, 0.2) is 83.5 Å². The molecule has 0 aliphatic carbocycles. The number of aryl methyl sites for hydroxylation is 1. The summed E-state index contributed by atoms with van der Waals surface area (Å²) >= 11 is -1.28. The van der Waals surface area contributed by atoms with E-state index in [9.17, 15) is 19.2 Å². The van der Waals surface area contributed by atoms with Crippen molar-refractivity contribution in [2.45, 2.75) is 83.9 Å². The molecule has 2 heterocycles. The number of carboxylic acids is 1. The number of rotatable bonds is 18. The molecule has 10 nitrogen and oxygen atoms in total. The van der Waals surface area contributed by atoms with Crippen LogP contribution in [0.25, 0.3) is 17.2 Å². The number of carboxylic acid groups (broad SMARTS) is 1. The number of benzene rings is 3. The highest BCUT2D eigenvalue weighted by Crippen LogP contribution is 2.35. The molecule has 0 saturated carbocycles. The Labute approximate surface area is 322 Å². The number of carbonyl (C=O) groups is 2. The van der Waals surface area contributed by atoms with Gasteiger partial charge >= 0.3 is 5.97 Å². The molecule has 1 atom stereocenters. The van der Waals surface area contributed by atoms with Crippen molar-refractivity contribution in [1.82, 2.24) is 9.55 Å². The quantitative estimate of drug-likeness (QED) is 0.0765. The van der Waals surface area contributed by atoms with E-state index >= 15 is 0 Å². The molecule has 11 heteroatoms. The van der Waals surface area contributed by atoms with E-state index in [-0.39, 0.29) is 5.91 Å². The van der Waals surface area contributed by atoms with Crippen molar-refractivity contribution in [2.24, 2.45) is 5.41 Å². The minimum absolute atomic E-state index is 0.211. The van der Waals surface area contributed by atoms with Crippen LogP contribution in [0.4, 0.5) is 11.4 Å². The molecule has 3 aromatic carbocycles. The van der Waals surface area contributed by atoms with Crippen LogP contribution in [-0.4, -0.2) is 64.0 Å². The lowest BCUT2D eigenvalue weighted by Crippen LogP contribution is -2.40. The fraction of sp³-hybridized carbons (Fsp3) is 0.419. The number of hydrogen-bond donors (Lipinski definition) is 2. The van der Waals surface area contributed by atoms with E-state index in [1.54, 1.807) is 38.1 Å². The normalized spacial score (nSPS) is 14.7. The van der Waals surface area contributed by atoms with E-state index in [4.69, 9.17) is 9.47 Å². The molecule has 1 aliphatic heterocycles. The van der Waals surface area contributed by atoms with Crippen molar-refractivity contribution >= 4 is 40.5 Å². The Kier molecular flexibility index (Phi) is 14.4. The highest BCUT2D eigenvalue weighted by molar-refractivity contribution is 7.90. The maximum Gasteiger partial charge on any atom is 0.310 e. The number of nitrogens with one attached hydrogen (secondary N) is 1. The first kappa shape index (κ1) is 40.6. The number of imidazole rings is 1. The summed E-state index contributed by atoms with van der Waals surface area (Å²) in [5.74, 6) is 0.0200. The van der Waals surface area contributed by atoms with Gasteiger partial charge in [-0.05, 0) is 129 Å². The maximum absolute atomic E-state index is 13.8. The Balaban J connectivity index is 1.33. The first-order valence-electron chi connectivity index (χ1n) is 18.9. The molecule has 1 amide bonds. The Morgan fingerprint density at radius 3 is 2.43 bits per heavy atom. The Bertz CT molecular complexity index is 1890. The van der Waals surface area contributed by atoms with Gasteiger partial charge in [0.2, 0.25) is 0 Å². The van der Waals surface area contributed by atoms with Gasteiger partial charge in [0.1, 0.15) is 18.1 Å². The maximum atomic E-state index is 13.8. The van der Waals surface area contributed by atoms with E-state index < -0.39 is 22.6 Å². The van der Waals surface area contributed by atoms with Gasteiger partial charge in [0.15, 0.2) is 10.6 Å². The molecule has 0 bridgehead atoms. The van der Waals surface area contributed by atoms with Crippen molar-refractivity contribution in [3.05, 3.63) is 95.6 Å². The van der Waals surface area contributed by atoms with Crippen LogP contribution in [-0.2, 0) is 37.8 Å². The number of fused-ring (bicyclic) bond motifs is 1. The third-order valence-electron chi connectivity index (χ3n) is 9.66. The predicted octanol–water partition coefficient (Wildman–Crippen LogP) is 8.50. The van der Waals surface area contributed by atoms with Crippen LogP contribution in [0.5, 0.6) is 5.75 Å². The van der Waals surface area contributed by atoms with Gasteiger partial charge in [0.05, 0.1) is 18.3 Å². The smallest absolute Gasteiger partial charge is 0.310 e. The van der Waals surface area contributed by atoms with Gasteiger partial charge in [-0.1, -0.05) is 38.5 Å². The van der Waals surface area contributed by atoms with Gasteiger partial charge in [-0.3, -0.25) is 9.59 Å². The molecule has 0 radical (unpaired) electrons. The van der Waals surface area contributed by atoms with E-state index in [1.165, 1.54) is 0 Å². The molecule has 1 aliphatic rings. The molecular weight excluding hydrogens is 701 g/mol. The first-order valence-corrected chi connectivity index (χ1v) is 20.2. The second-order valence-electron chi connectivity index (χ2n) is 14.4. The van der Waals surface area contributed by atoms with Crippen LogP contribution in [0.3, 0.4) is 0 Å². The summed E-state index contributed by atoms with van der Waals surface area (Å²) < 4.78 is 26.8.